The highest BCUT2D eigenvalue weighted by molar-refractivity contribution is 7.89. The third-order valence-electron chi connectivity index (χ3n) is 5.24. The van der Waals surface area contributed by atoms with Crippen molar-refractivity contribution in [3.05, 3.63) is 23.8 Å². The first-order valence-corrected chi connectivity index (χ1v) is 10.9. The van der Waals surface area contributed by atoms with Crippen LogP contribution in [0.4, 0.5) is 0 Å². The van der Waals surface area contributed by atoms with E-state index in [4.69, 9.17) is 4.74 Å². The second kappa shape index (κ2) is 7.96. The van der Waals surface area contributed by atoms with E-state index >= 15 is 0 Å². The van der Waals surface area contributed by atoms with Crippen molar-refractivity contribution in [3.63, 3.8) is 0 Å². The average Bonchev–Trinajstić information content (AvgIpc) is 3.17. The van der Waals surface area contributed by atoms with E-state index in [1.165, 1.54) is 4.31 Å². The van der Waals surface area contributed by atoms with Crippen molar-refractivity contribution in [1.29, 1.82) is 0 Å². The van der Waals surface area contributed by atoms with Gasteiger partial charge < -0.3 is 9.64 Å². The van der Waals surface area contributed by atoms with Crippen LogP contribution >= 0.6 is 0 Å². The van der Waals surface area contributed by atoms with Gasteiger partial charge in [0.1, 0.15) is 5.75 Å². The Balaban J connectivity index is 1.76. The summed E-state index contributed by atoms with van der Waals surface area (Å²) < 4.78 is 33.1. The Morgan fingerprint density at radius 3 is 2.58 bits per heavy atom. The second-order valence-corrected chi connectivity index (χ2v) is 9.03. The molecule has 0 saturated carbocycles. The molecule has 26 heavy (non-hydrogen) atoms. The van der Waals surface area contributed by atoms with E-state index in [9.17, 15) is 13.2 Å². The van der Waals surface area contributed by atoms with E-state index < -0.39 is 10.0 Å². The zero-order chi connectivity index (χ0) is 18.7. The van der Waals surface area contributed by atoms with Gasteiger partial charge in [0, 0.05) is 26.2 Å². The molecule has 0 unspecified atom stereocenters. The molecular weight excluding hydrogens is 352 g/mol. The maximum absolute atomic E-state index is 13.1. The van der Waals surface area contributed by atoms with Gasteiger partial charge in [-0.1, -0.05) is 0 Å². The van der Waals surface area contributed by atoms with Gasteiger partial charge in [-0.05, 0) is 63.3 Å². The van der Waals surface area contributed by atoms with Crippen LogP contribution in [0, 0.1) is 12.8 Å². The highest BCUT2D eigenvalue weighted by Gasteiger charge is 2.35. The maximum atomic E-state index is 13.1. The fraction of sp³-hybridized carbons (Fsp3) is 0.632. The van der Waals surface area contributed by atoms with Gasteiger partial charge in [0.15, 0.2) is 0 Å². The average molecular weight is 381 g/mol. The summed E-state index contributed by atoms with van der Waals surface area (Å²) in [5.74, 6) is 0.595. The number of sulfonamides is 1. The Morgan fingerprint density at radius 1 is 1.19 bits per heavy atom. The summed E-state index contributed by atoms with van der Waals surface area (Å²) in [5.41, 5.74) is 0.801. The number of piperidine rings is 1. The van der Waals surface area contributed by atoms with Crippen LogP contribution in [0.1, 0.15) is 38.2 Å². The van der Waals surface area contributed by atoms with Crippen molar-refractivity contribution < 1.29 is 17.9 Å². The number of nitrogens with zero attached hydrogens (tertiary/aromatic N) is 2. The van der Waals surface area contributed by atoms with E-state index in [2.05, 4.69) is 0 Å². The van der Waals surface area contributed by atoms with Crippen molar-refractivity contribution >= 4 is 15.9 Å². The number of carbonyl (C=O) groups excluding carboxylic acids is 1. The topological polar surface area (TPSA) is 66.9 Å². The molecule has 0 bridgehead atoms. The number of aryl methyl sites for hydroxylation is 1. The Labute approximate surface area is 156 Å². The summed E-state index contributed by atoms with van der Waals surface area (Å²) in [6, 6.07) is 4.97. The predicted octanol–water partition coefficient (Wildman–Crippen LogP) is 2.42. The van der Waals surface area contributed by atoms with E-state index in [1.807, 2.05) is 18.7 Å². The number of likely N-dealkylation sites (tertiary alicyclic amines) is 1. The van der Waals surface area contributed by atoms with E-state index in [0.717, 1.165) is 44.3 Å². The van der Waals surface area contributed by atoms with Crippen LogP contribution in [0.25, 0.3) is 0 Å². The Kier molecular flexibility index (Phi) is 5.87. The molecule has 2 heterocycles. The lowest BCUT2D eigenvalue weighted by Crippen LogP contribution is -2.46. The first kappa shape index (κ1) is 19.2. The normalized spacial score (nSPS) is 21.8. The molecule has 0 aromatic heterocycles. The van der Waals surface area contributed by atoms with Gasteiger partial charge in [-0.3, -0.25) is 4.79 Å². The third-order valence-corrected chi connectivity index (χ3v) is 7.10. The van der Waals surface area contributed by atoms with Gasteiger partial charge in [0.2, 0.25) is 15.9 Å². The lowest BCUT2D eigenvalue weighted by molar-refractivity contribution is -0.135. The van der Waals surface area contributed by atoms with Crippen molar-refractivity contribution in [2.24, 2.45) is 5.92 Å². The SMILES string of the molecule is CCOc1ccc(S(=O)(=O)N2CCC[C@H](C(=O)N3CCCC3)C2)cc1C. The first-order valence-electron chi connectivity index (χ1n) is 9.46. The van der Waals surface area contributed by atoms with Crippen LogP contribution in [0.15, 0.2) is 23.1 Å². The van der Waals surface area contributed by atoms with Crippen LogP contribution in [0.5, 0.6) is 5.75 Å². The quantitative estimate of drug-likeness (QED) is 0.787. The molecule has 0 radical (unpaired) electrons. The summed E-state index contributed by atoms with van der Waals surface area (Å²) in [5, 5.41) is 0. The Hall–Kier alpha value is -1.60. The molecule has 7 heteroatoms. The summed E-state index contributed by atoms with van der Waals surface area (Å²) >= 11 is 0. The highest BCUT2D eigenvalue weighted by atomic mass is 32.2. The fourth-order valence-electron chi connectivity index (χ4n) is 3.81. The Morgan fingerprint density at radius 2 is 1.92 bits per heavy atom. The molecule has 2 saturated heterocycles. The van der Waals surface area contributed by atoms with Crippen LogP contribution in [0.2, 0.25) is 0 Å². The van der Waals surface area contributed by atoms with Gasteiger partial charge in [-0.15, -0.1) is 0 Å². The van der Waals surface area contributed by atoms with Crippen molar-refractivity contribution in [1.82, 2.24) is 9.21 Å². The standard InChI is InChI=1S/C19H28N2O4S/c1-3-25-18-9-8-17(13-15(18)2)26(23,24)21-12-6-7-16(14-21)19(22)20-10-4-5-11-20/h8-9,13,16H,3-7,10-12,14H2,1-2H3/t16-/m0/s1. The molecule has 6 nitrogen and oxygen atoms in total. The Bertz CT molecular complexity index is 757. The minimum absolute atomic E-state index is 0.116. The fourth-order valence-corrected chi connectivity index (χ4v) is 5.42. The molecule has 1 aromatic carbocycles. The molecule has 1 atom stereocenters. The largest absolute Gasteiger partial charge is 0.494 e. The molecule has 0 spiro atoms. The number of rotatable bonds is 5. The highest BCUT2D eigenvalue weighted by Crippen LogP contribution is 2.28. The van der Waals surface area contributed by atoms with Crippen molar-refractivity contribution in [2.75, 3.05) is 32.8 Å². The van der Waals surface area contributed by atoms with Crippen LogP contribution in [-0.4, -0.2) is 56.3 Å². The first-order chi connectivity index (χ1) is 12.4. The number of benzene rings is 1. The molecule has 3 rings (SSSR count). The molecule has 0 N–H and O–H groups in total. The third kappa shape index (κ3) is 3.88. The lowest BCUT2D eigenvalue weighted by Gasteiger charge is -2.33. The summed E-state index contributed by atoms with van der Waals surface area (Å²) in [6.07, 6.45) is 3.58. The smallest absolute Gasteiger partial charge is 0.243 e. The van der Waals surface area contributed by atoms with Gasteiger partial charge in [-0.2, -0.15) is 4.31 Å². The molecule has 2 fully saturated rings. The molecule has 0 aliphatic carbocycles. The van der Waals surface area contributed by atoms with E-state index in [0.29, 0.717) is 18.9 Å². The molecular formula is C19H28N2O4S. The summed E-state index contributed by atoms with van der Waals surface area (Å²) in [4.78, 5) is 14.8. The van der Waals surface area contributed by atoms with E-state index in [-0.39, 0.29) is 23.3 Å². The summed E-state index contributed by atoms with van der Waals surface area (Å²) in [6.45, 7) is 6.65. The number of amides is 1. The summed E-state index contributed by atoms with van der Waals surface area (Å²) in [7, 11) is -3.60. The lowest BCUT2D eigenvalue weighted by atomic mass is 9.98. The number of hydrogen-bond donors (Lipinski definition) is 0. The maximum Gasteiger partial charge on any atom is 0.243 e. The van der Waals surface area contributed by atoms with Gasteiger partial charge >= 0.3 is 0 Å². The van der Waals surface area contributed by atoms with E-state index in [1.54, 1.807) is 18.2 Å². The van der Waals surface area contributed by atoms with Crippen LogP contribution in [-0.2, 0) is 14.8 Å². The van der Waals surface area contributed by atoms with Crippen molar-refractivity contribution in [2.45, 2.75) is 44.4 Å². The number of ether oxygens (including phenoxy) is 1. The second-order valence-electron chi connectivity index (χ2n) is 7.09. The number of hydrogen-bond acceptors (Lipinski definition) is 4. The van der Waals surface area contributed by atoms with Crippen LogP contribution < -0.4 is 4.74 Å². The minimum Gasteiger partial charge on any atom is -0.494 e. The molecule has 1 aromatic rings. The molecule has 2 aliphatic heterocycles. The monoisotopic (exact) mass is 380 g/mol. The molecule has 1 amide bonds. The van der Waals surface area contributed by atoms with Gasteiger partial charge in [0.05, 0.1) is 17.4 Å². The van der Waals surface area contributed by atoms with Crippen molar-refractivity contribution in [3.8, 4) is 5.75 Å². The zero-order valence-electron chi connectivity index (χ0n) is 15.6. The van der Waals surface area contributed by atoms with Crippen LogP contribution in [0.3, 0.4) is 0 Å². The zero-order valence-corrected chi connectivity index (χ0v) is 16.4. The minimum atomic E-state index is -3.60. The molecule has 144 valence electrons. The van der Waals surface area contributed by atoms with Gasteiger partial charge in [-0.25, -0.2) is 8.42 Å². The van der Waals surface area contributed by atoms with Gasteiger partial charge in [0.25, 0.3) is 0 Å². The predicted molar refractivity (Wildman–Crippen MR) is 99.6 cm³/mol. The number of carbonyl (C=O) groups is 1. The molecule has 2 aliphatic rings.